The third-order valence-corrected chi connectivity index (χ3v) is 2.93. The molecule has 2 rings (SSSR count). The average molecular weight is 252 g/mol. The number of anilines is 1. The predicted octanol–water partition coefficient (Wildman–Crippen LogP) is 1.85. The van der Waals surface area contributed by atoms with E-state index in [9.17, 15) is 14.4 Å². The fraction of sp³-hybridized carbons (Fsp3) is 0.250. The summed E-state index contributed by atoms with van der Waals surface area (Å²) in [6, 6.07) is 4.81. The molecule has 1 aromatic rings. The molecule has 1 aliphatic heterocycles. The monoisotopic (exact) mass is 251 g/mol. The quantitative estimate of drug-likeness (QED) is 0.771. The van der Waals surface area contributed by atoms with Gasteiger partial charge in [-0.15, -0.1) is 0 Å². The van der Waals surface area contributed by atoms with Crippen LogP contribution in [-0.2, 0) is 9.59 Å². The van der Waals surface area contributed by atoms with E-state index in [-0.39, 0.29) is 18.7 Å². The maximum absolute atomic E-state index is 11.7. The first-order valence-corrected chi connectivity index (χ1v) is 5.54. The maximum Gasteiger partial charge on any atom is 0.299 e. The molecule has 0 unspecified atom stereocenters. The molecule has 1 aliphatic rings. The Morgan fingerprint density at radius 3 is 2.71 bits per heavy atom. The summed E-state index contributed by atoms with van der Waals surface area (Å²) < 4.78 is 0. The summed E-state index contributed by atoms with van der Waals surface area (Å²) >= 11 is 5.98. The number of hydrogen-bond donors (Lipinski definition) is 0. The fourth-order valence-electron chi connectivity index (χ4n) is 1.79. The van der Waals surface area contributed by atoms with E-state index in [1.165, 1.54) is 11.8 Å². The van der Waals surface area contributed by atoms with Crippen LogP contribution in [0.3, 0.4) is 0 Å². The van der Waals surface area contributed by atoms with Gasteiger partial charge in [0, 0.05) is 13.0 Å². The van der Waals surface area contributed by atoms with Crippen LogP contribution in [0.5, 0.6) is 0 Å². The van der Waals surface area contributed by atoms with Crippen LogP contribution >= 0.6 is 11.6 Å². The van der Waals surface area contributed by atoms with Gasteiger partial charge >= 0.3 is 0 Å². The first-order chi connectivity index (χ1) is 8.02. The first kappa shape index (κ1) is 11.8. The Hall–Kier alpha value is -1.68. The molecule has 17 heavy (non-hydrogen) atoms. The van der Waals surface area contributed by atoms with Crippen molar-refractivity contribution in [2.45, 2.75) is 13.3 Å². The molecule has 0 bridgehead atoms. The average Bonchev–Trinajstić information content (AvgIpc) is 2.52. The van der Waals surface area contributed by atoms with Crippen molar-refractivity contribution in [2.24, 2.45) is 0 Å². The number of halogens is 1. The van der Waals surface area contributed by atoms with E-state index in [0.717, 1.165) is 0 Å². The van der Waals surface area contributed by atoms with Crippen molar-refractivity contribution in [3.05, 3.63) is 28.8 Å². The number of Topliss-reactive ketones (excluding diaryl/α,β-unsaturated/α-hetero) is 2. The van der Waals surface area contributed by atoms with Crippen molar-refractivity contribution < 1.29 is 14.4 Å². The number of carbonyl (C=O) groups excluding carboxylic acids is 3. The Bertz CT molecular complexity index is 524. The molecule has 1 amide bonds. The minimum atomic E-state index is -0.616. The van der Waals surface area contributed by atoms with E-state index in [1.807, 2.05) is 0 Å². The van der Waals surface area contributed by atoms with Crippen molar-refractivity contribution in [1.82, 2.24) is 0 Å². The first-order valence-electron chi connectivity index (χ1n) is 5.16. The predicted molar refractivity (Wildman–Crippen MR) is 63.4 cm³/mol. The normalized spacial score (nSPS) is 14.1. The second-order valence-electron chi connectivity index (χ2n) is 3.87. The van der Waals surface area contributed by atoms with E-state index >= 15 is 0 Å². The second-order valence-corrected chi connectivity index (χ2v) is 4.28. The molecule has 0 aliphatic carbocycles. The van der Waals surface area contributed by atoms with Gasteiger partial charge in [-0.25, -0.2) is 0 Å². The molecule has 4 nitrogen and oxygen atoms in total. The van der Waals surface area contributed by atoms with Gasteiger partial charge < -0.3 is 4.90 Å². The largest absolute Gasteiger partial charge is 0.303 e. The van der Waals surface area contributed by atoms with Crippen molar-refractivity contribution >= 4 is 34.8 Å². The third kappa shape index (κ3) is 1.96. The number of amides is 1. The number of fused-ring (bicyclic) bond motifs is 1. The van der Waals surface area contributed by atoms with Gasteiger partial charge in [0.2, 0.25) is 0 Å². The number of benzene rings is 1. The zero-order chi connectivity index (χ0) is 12.6. The molecular weight excluding hydrogens is 242 g/mol. The van der Waals surface area contributed by atoms with Crippen molar-refractivity contribution in [1.29, 1.82) is 0 Å². The van der Waals surface area contributed by atoms with Gasteiger partial charge in [0.05, 0.1) is 16.3 Å². The lowest BCUT2D eigenvalue weighted by Gasteiger charge is -2.16. The van der Waals surface area contributed by atoms with Crippen molar-refractivity contribution in [2.75, 3.05) is 11.4 Å². The number of rotatable bonds is 3. The molecule has 0 aromatic heterocycles. The van der Waals surface area contributed by atoms with E-state index in [4.69, 9.17) is 11.6 Å². The minimum absolute atomic E-state index is 0.0363. The topological polar surface area (TPSA) is 54.5 Å². The smallest absolute Gasteiger partial charge is 0.299 e. The molecule has 0 saturated heterocycles. The summed E-state index contributed by atoms with van der Waals surface area (Å²) in [4.78, 5) is 35.6. The highest BCUT2D eigenvalue weighted by Gasteiger charge is 2.36. The molecular formula is C12H10ClNO3. The standard InChI is InChI=1S/C12H10ClNO3/c1-7(15)5-6-14-10-8(11(16)12(14)17)3-2-4-9(10)13/h2-4H,5-6H2,1H3. The number of hydrogen-bond acceptors (Lipinski definition) is 3. The number of carbonyl (C=O) groups is 3. The van der Waals surface area contributed by atoms with Crippen LogP contribution in [0.25, 0.3) is 0 Å². The fourth-order valence-corrected chi connectivity index (χ4v) is 2.07. The summed E-state index contributed by atoms with van der Waals surface area (Å²) in [6.45, 7) is 1.63. The molecule has 5 heteroatoms. The highest BCUT2D eigenvalue weighted by atomic mass is 35.5. The Balaban J connectivity index is 2.40. The lowest BCUT2D eigenvalue weighted by molar-refractivity contribution is -0.117. The van der Waals surface area contributed by atoms with Crippen molar-refractivity contribution in [3.63, 3.8) is 0 Å². The molecule has 0 atom stereocenters. The summed E-state index contributed by atoms with van der Waals surface area (Å²) in [6.07, 6.45) is 0.212. The molecule has 88 valence electrons. The Labute approximate surface area is 103 Å². The molecule has 1 aromatic carbocycles. The molecule has 0 saturated carbocycles. The van der Waals surface area contributed by atoms with Gasteiger partial charge in [-0.3, -0.25) is 14.4 Å². The van der Waals surface area contributed by atoms with Gasteiger partial charge in [0.25, 0.3) is 11.7 Å². The van der Waals surface area contributed by atoms with Crippen LogP contribution in [-0.4, -0.2) is 24.0 Å². The number of para-hydroxylation sites is 1. The van der Waals surface area contributed by atoms with Gasteiger partial charge in [-0.05, 0) is 19.1 Å². The lowest BCUT2D eigenvalue weighted by atomic mass is 10.1. The zero-order valence-corrected chi connectivity index (χ0v) is 9.95. The van der Waals surface area contributed by atoms with E-state index < -0.39 is 11.7 Å². The van der Waals surface area contributed by atoms with Gasteiger partial charge in [0.15, 0.2) is 0 Å². The van der Waals surface area contributed by atoms with Crippen molar-refractivity contribution in [3.8, 4) is 0 Å². The zero-order valence-electron chi connectivity index (χ0n) is 9.20. The summed E-state index contributed by atoms with van der Waals surface area (Å²) in [5.74, 6) is -1.22. The van der Waals surface area contributed by atoms with Crippen LogP contribution < -0.4 is 4.90 Å². The van der Waals surface area contributed by atoms with Crippen LogP contribution in [0.2, 0.25) is 5.02 Å². The van der Waals surface area contributed by atoms with E-state index in [2.05, 4.69) is 0 Å². The van der Waals surface area contributed by atoms with Gasteiger partial charge in [-0.1, -0.05) is 17.7 Å². The second kappa shape index (κ2) is 4.30. The summed E-state index contributed by atoms with van der Waals surface area (Å²) in [5, 5.41) is 0.352. The highest BCUT2D eigenvalue weighted by Crippen LogP contribution is 2.35. The van der Waals surface area contributed by atoms with Gasteiger partial charge in [-0.2, -0.15) is 0 Å². The van der Waals surface area contributed by atoms with E-state index in [1.54, 1.807) is 18.2 Å². The highest BCUT2D eigenvalue weighted by molar-refractivity contribution is 6.54. The minimum Gasteiger partial charge on any atom is -0.303 e. The number of nitrogens with zero attached hydrogens (tertiary/aromatic N) is 1. The van der Waals surface area contributed by atoms with Crippen LogP contribution in [0.4, 0.5) is 5.69 Å². The Kier molecular flexibility index (Phi) is 2.98. The molecule has 0 spiro atoms. The molecule has 0 radical (unpaired) electrons. The summed E-state index contributed by atoms with van der Waals surface area (Å²) in [7, 11) is 0. The SMILES string of the molecule is CC(=O)CCN1C(=O)C(=O)c2cccc(Cl)c21. The van der Waals surface area contributed by atoms with Crippen LogP contribution in [0.15, 0.2) is 18.2 Å². The van der Waals surface area contributed by atoms with Gasteiger partial charge in [0.1, 0.15) is 5.78 Å². The molecule has 1 heterocycles. The Morgan fingerprint density at radius 2 is 2.06 bits per heavy atom. The van der Waals surface area contributed by atoms with Crippen LogP contribution in [0.1, 0.15) is 23.7 Å². The Morgan fingerprint density at radius 1 is 1.35 bits per heavy atom. The molecule has 0 fully saturated rings. The maximum atomic E-state index is 11.7. The molecule has 0 N–H and O–H groups in total. The number of ketones is 2. The third-order valence-electron chi connectivity index (χ3n) is 2.63. The summed E-state index contributed by atoms with van der Waals surface area (Å²) in [5.41, 5.74) is 0.733. The van der Waals surface area contributed by atoms with Crippen LogP contribution in [0, 0.1) is 0 Å². The lowest BCUT2D eigenvalue weighted by Crippen LogP contribution is -2.31. The van der Waals surface area contributed by atoms with E-state index in [0.29, 0.717) is 16.3 Å².